The van der Waals surface area contributed by atoms with Gasteiger partial charge in [0.2, 0.25) is 0 Å². The molecule has 132 valence electrons. The molecule has 1 aromatic carbocycles. The number of esters is 1. The molecule has 0 aliphatic rings. The van der Waals surface area contributed by atoms with Crippen LogP contribution in [0.3, 0.4) is 0 Å². The summed E-state index contributed by atoms with van der Waals surface area (Å²) in [4.78, 5) is 31.4. The van der Waals surface area contributed by atoms with Gasteiger partial charge in [0.15, 0.2) is 0 Å². The fourth-order valence-electron chi connectivity index (χ4n) is 2.60. The number of ether oxygens (including phenoxy) is 1. The van der Waals surface area contributed by atoms with Crippen molar-refractivity contribution in [2.24, 2.45) is 0 Å². The van der Waals surface area contributed by atoms with Gasteiger partial charge in [0.25, 0.3) is 5.56 Å². The number of nitrogens with zero attached hydrogens (tertiary/aromatic N) is 3. The normalized spacial score (nSPS) is 11.0. The van der Waals surface area contributed by atoms with E-state index < -0.39 is 5.97 Å². The predicted molar refractivity (Wildman–Crippen MR) is 101 cm³/mol. The van der Waals surface area contributed by atoms with E-state index in [1.807, 2.05) is 49.3 Å². The molecule has 6 nitrogen and oxygen atoms in total. The zero-order chi connectivity index (χ0) is 18.7. The summed E-state index contributed by atoms with van der Waals surface area (Å²) in [6, 6.07) is 12.6. The highest BCUT2D eigenvalue weighted by molar-refractivity contribution is 5.97. The second-order valence-electron chi connectivity index (χ2n) is 5.95. The average molecular weight is 349 g/mol. The summed E-state index contributed by atoms with van der Waals surface area (Å²) in [6.07, 6.45) is 5.18. The lowest BCUT2D eigenvalue weighted by Crippen LogP contribution is -2.19. The van der Waals surface area contributed by atoms with Crippen LogP contribution in [0.15, 0.2) is 59.7 Å². The summed E-state index contributed by atoms with van der Waals surface area (Å²) < 4.78 is 6.38. The quantitative estimate of drug-likeness (QED) is 0.678. The Morgan fingerprint density at radius 2 is 1.92 bits per heavy atom. The number of fused-ring (bicyclic) bond motifs is 1. The second-order valence-corrected chi connectivity index (χ2v) is 5.95. The largest absolute Gasteiger partial charge is 0.465 e. The third-order valence-corrected chi connectivity index (χ3v) is 3.88. The monoisotopic (exact) mass is 349 g/mol. The van der Waals surface area contributed by atoms with Crippen molar-refractivity contribution in [3.05, 3.63) is 76.5 Å². The molecule has 0 unspecified atom stereocenters. The van der Waals surface area contributed by atoms with Gasteiger partial charge in [0.05, 0.1) is 29.3 Å². The summed E-state index contributed by atoms with van der Waals surface area (Å²) in [5.74, 6) is -0.535. The molecule has 26 heavy (non-hydrogen) atoms. The van der Waals surface area contributed by atoms with Gasteiger partial charge < -0.3 is 9.64 Å². The van der Waals surface area contributed by atoms with E-state index in [1.54, 1.807) is 30.6 Å². The van der Waals surface area contributed by atoms with Crippen molar-refractivity contribution < 1.29 is 9.53 Å². The Labute approximate surface area is 151 Å². The average Bonchev–Trinajstić information content (AvgIpc) is 2.66. The number of carbonyl (C=O) groups excluding carboxylic acids is 1. The SMILES string of the molecule is COC(=O)c1cc2c(=O)n(-c3ccccc3)ccc2nc1C=CN(C)C. The molecule has 3 rings (SSSR count). The Hall–Kier alpha value is -3.41. The van der Waals surface area contributed by atoms with E-state index in [-0.39, 0.29) is 11.1 Å². The van der Waals surface area contributed by atoms with Crippen LogP contribution in [0, 0.1) is 0 Å². The van der Waals surface area contributed by atoms with E-state index in [4.69, 9.17) is 4.74 Å². The summed E-state index contributed by atoms with van der Waals surface area (Å²) in [5, 5.41) is 0.360. The van der Waals surface area contributed by atoms with Crippen molar-refractivity contribution in [2.45, 2.75) is 0 Å². The number of benzene rings is 1. The van der Waals surface area contributed by atoms with Crippen LogP contribution in [0.25, 0.3) is 22.7 Å². The molecule has 0 spiro atoms. The minimum absolute atomic E-state index is 0.241. The van der Waals surface area contributed by atoms with Crippen molar-refractivity contribution in [2.75, 3.05) is 21.2 Å². The summed E-state index contributed by atoms with van der Waals surface area (Å²) in [6.45, 7) is 0. The van der Waals surface area contributed by atoms with Crippen LogP contribution in [0.2, 0.25) is 0 Å². The van der Waals surface area contributed by atoms with Gasteiger partial charge in [-0.3, -0.25) is 9.36 Å². The van der Waals surface area contributed by atoms with Gasteiger partial charge in [-0.2, -0.15) is 0 Å². The number of hydrogen-bond acceptors (Lipinski definition) is 5. The summed E-state index contributed by atoms with van der Waals surface area (Å²) >= 11 is 0. The molecule has 0 amide bonds. The van der Waals surface area contributed by atoms with Crippen molar-refractivity contribution >= 4 is 22.9 Å². The first-order chi connectivity index (χ1) is 12.5. The molecule has 0 aliphatic carbocycles. The molecule has 3 aromatic rings. The van der Waals surface area contributed by atoms with E-state index in [0.717, 1.165) is 5.69 Å². The number of para-hydroxylation sites is 1. The first-order valence-electron chi connectivity index (χ1n) is 8.06. The zero-order valence-corrected chi connectivity index (χ0v) is 14.8. The maximum absolute atomic E-state index is 12.9. The fourth-order valence-corrected chi connectivity index (χ4v) is 2.60. The maximum atomic E-state index is 12.9. The first-order valence-corrected chi connectivity index (χ1v) is 8.06. The highest BCUT2D eigenvalue weighted by Gasteiger charge is 2.16. The Balaban J connectivity index is 2.25. The lowest BCUT2D eigenvalue weighted by atomic mass is 10.1. The standard InChI is InChI=1S/C20H19N3O3/c1-22(2)11-9-18-16(20(25)26-3)13-15-17(21-18)10-12-23(19(15)24)14-7-5-4-6-8-14/h4-13H,1-3H3. The van der Waals surface area contributed by atoms with Crippen LogP contribution in [-0.4, -0.2) is 41.6 Å². The summed E-state index contributed by atoms with van der Waals surface area (Å²) in [5.41, 5.74) is 1.73. The summed E-state index contributed by atoms with van der Waals surface area (Å²) in [7, 11) is 5.04. The van der Waals surface area contributed by atoms with Gasteiger partial charge in [-0.15, -0.1) is 0 Å². The zero-order valence-electron chi connectivity index (χ0n) is 14.8. The van der Waals surface area contributed by atoms with Crippen molar-refractivity contribution in [3.8, 4) is 5.69 Å². The third-order valence-electron chi connectivity index (χ3n) is 3.88. The van der Waals surface area contributed by atoms with Crippen LogP contribution in [0.1, 0.15) is 16.1 Å². The third kappa shape index (κ3) is 3.35. The molecule has 0 bridgehead atoms. The molecule has 0 saturated heterocycles. The molecule has 0 N–H and O–H groups in total. The van der Waals surface area contributed by atoms with Crippen molar-refractivity contribution in [3.63, 3.8) is 0 Å². The first kappa shape index (κ1) is 17.4. The van der Waals surface area contributed by atoms with Crippen LogP contribution < -0.4 is 5.56 Å². The predicted octanol–water partition coefficient (Wildman–Crippen LogP) is 2.70. The molecular weight excluding hydrogens is 330 g/mol. The lowest BCUT2D eigenvalue weighted by molar-refractivity contribution is 0.0600. The molecule has 0 radical (unpaired) electrons. The number of aromatic nitrogens is 2. The van der Waals surface area contributed by atoms with Gasteiger partial charge in [0.1, 0.15) is 0 Å². The fraction of sp³-hybridized carbons (Fsp3) is 0.150. The van der Waals surface area contributed by atoms with E-state index in [9.17, 15) is 9.59 Å². The van der Waals surface area contributed by atoms with Crippen molar-refractivity contribution in [1.82, 2.24) is 14.5 Å². The highest BCUT2D eigenvalue weighted by Crippen LogP contribution is 2.18. The van der Waals surface area contributed by atoms with Gasteiger partial charge in [0, 0.05) is 32.2 Å². The Morgan fingerprint density at radius 1 is 1.19 bits per heavy atom. The van der Waals surface area contributed by atoms with Crippen LogP contribution in [-0.2, 0) is 4.74 Å². The van der Waals surface area contributed by atoms with Crippen molar-refractivity contribution in [1.29, 1.82) is 0 Å². The minimum Gasteiger partial charge on any atom is -0.465 e. The van der Waals surface area contributed by atoms with Gasteiger partial charge in [-0.05, 0) is 30.3 Å². The molecule has 2 heterocycles. The Kier molecular flexibility index (Phi) is 4.84. The highest BCUT2D eigenvalue weighted by atomic mass is 16.5. The second kappa shape index (κ2) is 7.23. The molecule has 0 saturated carbocycles. The van der Waals surface area contributed by atoms with Crippen LogP contribution in [0.4, 0.5) is 0 Å². The van der Waals surface area contributed by atoms with Crippen LogP contribution in [0.5, 0.6) is 0 Å². The van der Waals surface area contributed by atoms with E-state index >= 15 is 0 Å². The number of carbonyl (C=O) groups is 1. The molecule has 0 fully saturated rings. The van der Waals surface area contributed by atoms with Gasteiger partial charge in [-0.25, -0.2) is 9.78 Å². The number of pyridine rings is 2. The molecular formula is C20H19N3O3. The molecule has 0 aliphatic heterocycles. The Bertz CT molecular complexity index is 1040. The van der Waals surface area contributed by atoms with Gasteiger partial charge in [-0.1, -0.05) is 18.2 Å². The van der Waals surface area contributed by atoms with E-state index in [1.165, 1.54) is 11.7 Å². The van der Waals surface area contributed by atoms with Crippen LogP contribution >= 0.6 is 0 Å². The smallest absolute Gasteiger partial charge is 0.340 e. The minimum atomic E-state index is -0.535. The number of rotatable bonds is 4. The topological polar surface area (TPSA) is 64.4 Å². The van der Waals surface area contributed by atoms with Gasteiger partial charge >= 0.3 is 5.97 Å². The van der Waals surface area contributed by atoms with E-state index in [0.29, 0.717) is 16.6 Å². The Morgan fingerprint density at radius 3 is 2.58 bits per heavy atom. The molecule has 0 atom stereocenters. The number of methoxy groups -OCH3 is 1. The maximum Gasteiger partial charge on any atom is 0.340 e. The van der Waals surface area contributed by atoms with E-state index in [2.05, 4.69) is 4.98 Å². The lowest BCUT2D eigenvalue weighted by Gasteiger charge is -2.10. The number of hydrogen-bond donors (Lipinski definition) is 0. The molecule has 2 aromatic heterocycles. The molecule has 6 heteroatoms.